The molecule has 1 aliphatic carbocycles. The maximum absolute atomic E-state index is 12.0. The molecule has 0 atom stereocenters. The van der Waals surface area contributed by atoms with Crippen molar-refractivity contribution in [2.75, 3.05) is 0 Å². The predicted molar refractivity (Wildman–Crippen MR) is 111 cm³/mol. The SMILES string of the molecule is Cc1ccc2c(CSc3nc(C)c(C)n3C3CCCCC3)cc(=O)oc2c1. The molecule has 2 aromatic heterocycles. The topological polar surface area (TPSA) is 48.0 Å². The molecule has 0 unspecified atom stereocenters. The average Bonchev–Trinajstić information content (AvgIpc) is 2.94. The van der Waals surface area contributed by atoms with E-state index in [4.69, 9.17) is 9.40 Å². The highest BCUT2D eigenvalue weighted by Crippen LogP contribution is 2.35. The van der Waals surface area contributed by atoms with E-state index in [2.05, 4.69) is 24.5 Å². The maximum atomic E-state index is 12.0. The molecule has 4 nitrogen and oxygen atoms in total. The van der Waals surface area contributed by atoms with E-state index in [1.165, 1.54) is 37.8 Å². The van der Waals surface area contributed by atoms with Crippen molar-refractivity contribution in [2.45, 2.75) is 69.8 Å². The van der Waals surface area contributed by atoms with E-state index >= 15 is 0 Å². The molecule has 1 aromatic carbocycles. The highest BCUT2D eigenvalue weighted by Gasteiger charge is 2.22. The minimum atomic E-state index is -0.285. The van der Waals surface area contributed by atoms with Gasteiger partial charge in [0.25, 0.3) is 0 Å². The fraction of sp³-hybridized carbons (Fsp3) is 0.455. The predicted octanol–water partition coefficient (Wildman–Crippen LogP) is 5.71. The van der Waals surface area contributed by atoms with Crippen LogP contribution in [-0.4, -0.2) is 9.55 Å². The van der Waals surface area contributed by atoms with Crippen LogP contribution in [0.15, 0.2) is 38.6 Å². The van der Waals surface area contributed by atoms with E-state index in [9.17, 15) is 4.79 Å². The Labute approximate surface area is 164 Å². The van der Waals surface area contributed by atoms with Gasteiger partial charge in [-0.1, -0.05) is 43.2 Å². The Hall–Kier alpha value is -2.01. The Morgan fingerprint density at radius 3 is 2.70 bits per heavy atom. The van der Waals surface area contributed by atoms with Gasteiger partial charge in [0.15, 0.2) is 5.16 Å². The summed E-state index contributed by atoms with van der Waals surface area (Å²) in [6.07, 6.45) is 6.42. The molecule has 0 saturated heterocycles. The molecule has 142 valence electrons. The van der Waals surface area contributed by atoms with Gasteiger partial charge in [-0.2, -0.15) is 0 Å². The summed E-state index contributed by atoms with van der Waals surface area (Å²) in [5.74, 6) is 0.716. The monoisotopic (exact) mass is 382 g/mol. The minimum Gasteiger partial charge on any atom is -0.423 e. The molecule has 0 N–H and O–H groups in total. The van der Waals surface area contributed by atoms with E-state index in [1.807, 2.05) is 19.1 Å². The standard InChI is InChI=1S/C22H26N2O2S/c1-14-9-10-19-17(12-21(25)26-20(19)11-14)13-27-22-23-15(2)16(3)24(22)18-7-5-4-6-8-18/h9-12,18H,4-8,13H2,1-3H3. The summed E-state index contributed by atoms with van der Waals surface area (Å²) in [6, 6.07) is 8.23. The first-order valence-corrected chi connectivity index (χ1v) is 10.7. The number of aryl methyl sites for hydroxylation is 2. The molecule has 3 aromatic rings. The van der Waals surface area contributed by atoms with Crippen LogP contribution in [0, 0.1) is 20.8 Å². The van der Waals surface area contributed by atoms with Gasteiger partial charge < -0.3 is 8.98 Å². The Bertz CT molecular complexity index is 1030. The minimum absolute atomic E-state index is 0.285. The van der Waals surface area contributed by atoms with Crippen LogP contribution < -0.4 is 5.63 Å². The summed E-state index contributed by atoms with van der Waals surface area (Å²) in [4.78, 5) is 16.8. The molecule has 0 aliphatic heterocycles. The molecule has 0 amide bonds. The van der Waals surface area contributed by atoms with Gasteiger partial charge in [-0.15, -0.1) is 0 Å². The number of nitrogens with zero attached hydrogens (tertiary/aromatic N) is 2. The van der Waals surface area contributed by atoms with Crippen molar-refractivity contribution in [1.29, 1.82) is 0 Å². The van der Waals surface area contributed by atoms with Crippen molar-refractivity contribution in [1.82, 2.24) is 9.55 Å². The zero-order chi connectivity index (χ0) is 19.0. The van der Waals surface area contributed by atoms with E-state index in [1.54, 1.807) is 17.8 Å². The molecule has 0 spiro atoms. The maximum Gasteiger partial charge on any atom is 0.336 e. The number of imidazole rings is 1. The third kappa shape index (κ3) is 3.70. The zero-order valence-electron chi connectivity index (χ0n) is 16.2. The van der Waals surface area contributed by atoms with Crippen molar-refractivity contribution in [3.05, 3.63) is 57.2 Å². The lowest BCUT2D eigenvalue weighted by Gasteiger charge is -2.26. The van der Waals surface area contributed by atoms with Crippen LogP contribution >= 0.6 is 11.8 Å². The summed E-state index contributed by atoms with van der Waals surface area (Å²) in [6.45, 7) is 6.28. The molecular formula is C22H26N2O2S. The highest BCUT2D eigenvalue weighted by molar-refractivity contribution is 7.98. The number of hydrogen-bond donors (Lipinski definition) is 0. The van der Waals surface area contributed by atoms with Gasteiger partial charge in [0.1, 0.15) is 5.58 Å². The van der Waals surface area contributed by atoms with Crippen molar-refractivity contribution in [3.63, 3.8) is 0 Å². The normalized spacial score (nSPS) is 15.5. The third-order valence-electron chi connectivity index (χ3n) is 5.64. The summed E-state index contributed by atoms with van der Waals surface area (Å²) < 4.78 is 7.83. The first-order chi connectivity index (χ1) is 13.0. The Morgan fingerprint density at radius 2 is 1.93 bits per heavy atom. The molecule has 5 heteroatoms. The van der Waals surface area contributed by atoms with Gasteiger partial charge in [0, 0.05) is 28.9 Å². The number of hydrogen-bond acceptors (Lipinski definition) is 4. The van der Waals surface area contributed by atoms with Crippen molar-refractivity contribution < 1.29 is 4.42 Å². The second-order valence-corrected chi connectivity index (χ2v) is 8.55. The lowest BCUT2D eigenvalue weighted by Crippen LogP contribution is -2.15. The Kier molecular flexibility index (Phi) is 5.13. The van der Waals surface area contributed by atoms with Crippen LogP contribution in [0.2, 0.25) is 0 Å². The van der Waals surface area contributed by atoms with Crippen LogP contribution in [0.1, 0.15) is 60.7 Å². The van der Waals surface area contributed by atoms with E-state index in [0.717, 1.165) is 27.4 Å². The lowest BCUT2D eigenvalue weighted by molar-refractivity contribution is 0.332. The smallest absolute Gasteiger partial charge is 0.336 e. The summed E-state index contributed by atoms with van der Waals surface area (Å²) in [5.41, 5.74) is 4.87. The average molecular weight is 383 g/mol. The van der Waals surface area contributed by atoms with Crippen LogP contribution in [0.5, 0.6) is 0 Å². The molecule has 2 heterocycles. The number of aromatic nitrogens is 2. The van der Waals surface area contributed by atoms with Gasteiger partial charge in [-0.3, -0.25) is 0 Å². The van der Waals surface area contributed by atoms with Crippen LogP contribution in [0.4, 0.5) is 0 Å². The van der Waals surface area contributed by atoms with Gasteiger partial charge in [0.2, 0.25) is 0 Å². The van der Waals surface area contributed by atoms with Crippen LogP contribution in [0.3, 0.4) is 0 Å². The van der Waals surface area contributed by atoms with Crippen molar-refractivity contribution in [2.24, 2.45) is 0 Å². The molecule has 1 fully saturated rings. The second-order valence-electron chi connectivity index (χ2n) is 7.61. The third-order valence-corrected chi connectivity index (χ3v) is 6.64. The highest BCUT2D eigenvalue weighted by atomic mass is 32.2. The molecular weight excluding hydrogens is 356 g/mol. The van der Waals surface area contributed by atoms with E-state index < -0.39 is 0 Å². The molecule has 1 aliphatic rings. The van der Waals surface area contributed by atoms with E-state index in [0.29, 0.717) is 17.4 Å². The second kappa shape index (κ2) is 7.55. The molecule has 0 radical (unpaired) electrons. The molecule has 0 bridgehead atoms. The fourth-order valence-corrected chi connectivity index (χ4v) is 5.22. The number of fused-ring (bicyclic) bond motifs is 1. The van der Waals surface area contributed by atoms with Crippen molar-refractivity contribution >= 4 is 22.7 Å². The summed E-state index contributed by atoms with van der Waals surface area (Å²) in [7, 11) is 0. The molecule has 27 heavy (non-hydrogen) atoms. The van der Waals surface area contributed by atoms with Gasteiger partial charge in [-0.05, 0) is 50.8 Å². The van der Waals surface area contributed by atoms with Gasteiger partial charge in [-0.25, -0.2) is 9.78 Å². The molecule has 4 rings (SSSR count). The van der Waals surface area contributed by atoms with E-state index in [-0.39, 0.29) is 5.63 Å². The zero-order valence-corrected chi connectivity index (χ0v) is 17.1. The number of thioether (sulfide) groups is 1. The quantitative estimate of drug-likeness (QED) is 0.428. The largest absolute Gasteiger partial charge is 0.423 e. The lowest BCUT2D eigenvalue weighted by atomic mass is 9.95. The van der Waals surface area contributed by atoms with Crippen LogP contribution in [0.25, 0.3) is 11.0 Å². The fourth-order valence-electron chi connectivity index (χ4n) is 4.07. The van der Waals surface area contributed by atoms with Gasteiger partial charge >= 0.3 is 5.63 Å². The van der Waals surface area contributed by atoms with Crippen molar-refractivity contribution in [3.8, 4) is 0 Å². The Morgan fingerprint density at radius 1 is 1.15 bits per heavy atom. The van der Waals surface area contributed by atoms with Crippen LogP contribution in [-0.2, 0) is 5.75 Å². The summed E-state index contributed by atoms with van der Waals surface area (Å²) in [5, 5.41) is 2.09. The number of benzene rings is 1. The molecule has 1 saturated carbocycles. The first kappa shape index (κ1) is 18.4. The Balaban J connectivity index is 1.65. The van der Waals surface area contributed by atoms with Gasteiger partial charge in [0.05, 0.1) is 5.69 Å². The summed E-state index contributed by atoms with van der Waals surface area (Å²) >= 11 is 1.73. The number of rotatable bonds is 4. The first-order valence-electron chi connectivity index (χ1n) is 9.74.